The molecular formula is C16H21ClN4O2. The van der Waals surface area contributed by atoms with Gasteiger partial charge in [-0.05, 0) is 37.8 Å². The molecule has 2 aromatic rings. The Labute approximate surface area is 140 Å². The van der Waals surface area contributed by atoms with Crippen LogP contribution in [0.5, 0.6) is 0 Å². The van der Waals surface area contributed by atoms with E-state index in [1.807, 2.05) is 26.1 Å². The highest BCUT2D eigenvalue weighted by atomic mass is 35.5. The molecule has 1 fully saturated rings. The van der Waals surface area contributed by atoms with E-state index in [2.05, 4.69) is 15.3 Å². The van der Waals surface area contributed by atoms with Crippen molar-refractivity contribution in [2.24, 2.45) is 7.05 Å². The van der Waals surface area contributed by atoms with Crippen LogP contribution in [0.2, 0.25) is 0 Å². The van der Waals surface area contributed by atoms with E-state index in [9.17, 15) is 0 Å². The van der Waals surface area contributed by atoms with Gasteiger partial charge in [-0.15, -0.1) is 16.7 Å². The van der Waals surface area contributed by atoms with Crippen molar-refractivity contribution in [3.63, 3.8) is 0 Å². The Bertz CT molecular complexity index is 668. The second kappa shape index (κ2) is 7.38. The number of hydrogen-bond acceptors (Lipinski definition) is 5. The fraction of sp³-hybridized carbons (Fsp3) is 0.562. The van der Waals surface area contributed by atoms with Crippen LogP contribution < -0.4 is 0 Å². The van der Waals surface area contributed by atoms with Crippen molar-refractivity contribution in [2.45, 2.75) is 45.0 Å². The molecule has 0 saturated carbocycles. The lowest BCUT2D eigenvalue weighted by molar-refractivity contribution is -0.169. The molecule has 0 radical (unpaired) electrons. The Kier molecular flexibility index (Phi) is 5.25. The maximum absolute atomic E-state index is 5.90. The average Bonchev–Trinajstić information content (AvgIpc) is 2.94. The molecule has 1 unspecified atom stereocenters. The summed E-state index contributed by atoms with van der Waals surface area (Å²) < 4.78 is 13.2. The summed E-state index contributed by atoms with van der Waals surface area (Å²) >= 11 is 5.90. The molecule has 124 valence electrons. The van der Waals surface area contributed by atoms with Crippen molar-refractivity contribution in [1.82, 2.24) is 20.0 Å². The van der Waals surface area contributed by atoms with E-state index < -0.39 is 0 Å². The van der Waals surface area contributed by atoms with Crippen LogP contribution in [0.4, 0.5) is 0 Å². The number of nitrogens with zero attached hydrogens (tertiary/aromatic N) is 4. The molecule has 1 aliphatic heterocycles. The molecule has 6 nitrogen and oxygen atoms in total. The van der Waals surface area contributed by atoms with Gasteiger partial charge in [0.15, 0.2) is 6.29 Å². The first kappa shape index (κ1) is 16.4. The van der Waals surface area contributed by atoms with Gasteiger partial charge in [0.25, 0.3) is 0 Å². The van der Waals surface area contributed by atoms with Crippen LogP contribution >= 0.6 is 11.6 Å². The first-order valence-electron chi connectivity index (χ1n) is 7.83. The van der Waals surface area contributed by atoms with E-state index in [-0.39, 0.29) is 6.29 Å². The van der Waals surface area contributed by atoms with Crippen molar-refractivity contribution >= 4 is 11.6 Å². The summed E-state index contributed by atoms with van der Waals surface area (Å²) in [7, 11) is 1.86. The van der Waals surface area contributed by atoms with Gasteiger partial charge in [0, 0.05) is 25.2 Å². The van der Waals surface area contributed by atoms with Crippen LogP contribution in [-0.4, -0.2) is 32.9 Å². The second-order valence-electron chi connectivity index (χ2n) is 5.69. The van der Waals surface area contributed by atoms with Gasteiger partial charge >= 0.3 is 0 Å². The molecule has 2 aromatic heterocycles. The largest absolute Gasteiger partial charge is 0.353 e. The Morgan fingerprint density at radius 3 is 2.96 bits per heavy atom. The zero-order chi connectivity index (χ0) is 16.2. The van der Waals surface area contributed by atoms with Gasteiger partial charge in [-0.25, -0.2) is 4.68 Å². The molecule has 0 bridgehead atoms. The quantitative estimate of drug-likeness (QED) is 0.785. The van der Waals surface area contributed by atoms with E-state index in [1.165, 1.54) is 0 Å². The minimum Gasteiger partial charge on any atom is -0.353 e. The Hall–Kier alpha value is -1.50. The summed E-state index contributed by atoms with van der Waals surface area (Å²) in [6, 6.07) is 3.91. The molecule has 0 spiro atoms. The molecular weight excluding hydrogens is 316 g/mol. The SMILES string of the molecule is Cc1nc(-c2nnn(C)c2COC2CCCCO2)ccc1CCl. The number of halogens is 1. The summed E-state index contributed by atoms with van der Waals surface area (Å²) in [6.45, 7) is 3.12. The Morgan fingerprint density at radius 2 is 2.26 bits per heavy atom. The molecule has 1 aliphatic rings. The molecule has 3 rings (SSSR count). The van der Waals surface area contributed by atoms with Gasteiger partial charge in [0.2, 0.25) is 0 Å². The fourth-order valence-corrected chi connectivity index (χ4v) is 2.90. The molecule has 7 heteroatoms. The van der Waals surface area contributed by atoms with Crippen molar-refractivity contribution in [3.05, 3.63) is 29.1 Å². The fourth-order valence-electron chi connectivity index (χ4n) is 2.62. The number of hydrogen-bond donors (Lipinski definition) is 0. The van der Waals surface area contributed by atoms with E-state index >= 15 is 0 Å². The zero-order valence-electron chi connectivity index (χ0n) is 13.5. The third kappa shape index (κ3) is 3.71. The molecule has 1 atom stereocenters. The first-order valence-corrected chi connectivity index (χ1v) is 8.37. The monoisotopic (exact) mass is 336 g/mol. The van der Waals surface area contributed by atoms with Gasteiger partial charge in [-0.1, -0.05) is 11.3 Å². The lowest BCUT2D eigenvalue weighted by atomic mass is 10.1. The third-order valence-corrected chi connectivity index (χ3v) is 4.36. The van der Waals surface area contributed by atoms with Crippen LogP contribution in [0.1, 0.15) is 36.2 Å². The molecule has 0 aromatic carbocycles. The molecule has 0 amide bonds. The summed E-state index contributed by atoms with van der Waals surface area (Å²) in [4.78, 5) is 4.60. The van der Waals surface area contributed by atoms with Crippen molar-refractivity contribution < 1.29 is 9.47 Å². The van der Waals surface area contributed by atoms with Crippen LogP contribution in [0, 0.1) is 6.92 Å². The summed E-state index contributed by atoms with van der Waals surface area (Å²) in [5.74, 6) is 0.453. The van der Waals surface area contributed by atoms with Crippen LogP contribution in [-0.2, 0) is 29.0 Å². The highest BCUT2D eigenvalue weighted by molar-refractivity contribution is 6.17. The first-order chi connectivity index (χ1) is 11.2. The minimum absolute atomic E-state index is 0.139. The van der Waals surface area contributed by atoms with Crippen LogP contribution in [0.25, 0.3) is 11.4 Å². The number of pyridine rings is 1. The van der Waals surface area contributed by atoms with Crippen molar-refractivity contribution in [3.8, 4) is 11.4 Å². The number of aryl methyl sites for hydroxylation is 2. The Morgan fingerprint density at radius 1 is 1.39 bits per heavy atom. The van der Waals surface area contributed by atoms with E-state index in [0.717, 1.165) is 54.2 Å². The molecule has 1 saturated heterocycles. The maximum Gasteiger partial charge on any atom is 0.158 e. The molecule has 0 N–H and O–H groups in total. The van der Waals surface area contributed by atoms with E-state index in [4.69, 9.17) is 21.1 Å². The number of ether oxygens (including phenoxy) is 2. The van der Waals surface area contributed by atoms with Gasteiger partial charge in [0.1, 0.15) is 5.69 Å². The number of rotatable bonds is 5. The predicted octanol–water partition coefficient (Wildman–Crippen LogP) is 2.97. The van der Waals surface area contributed by atoms with Crippen LogP contribution in [0.3, 0.4) is 0 Å². The number of alkyl halides is 1. The predicted molar refractivity (Wildman–Crippen MR) is 86.9 cm³/mol. The van der Waals surface area contributed by atoms with Gasteiger partial charge < -0.3 is 9.47 Å². The van der Waals surface area contributed by atoms with Crippen molar-refractivity contribution in [1.29, 1.82) is 0 Å². The van der Waals surface area contributed by atoms with Crippen LogP contribution in [0.15, 0.2) is 12.1 Å². The van der Waals surface area contributed by atoms with Crippen molar-refractivity contribution in [2.75, 3.05) is 6.61 Å². The zero-order valence-corrected chi connectivity index (χ0v) is 14.2. The van der Waals surface area contributed by atoms with Gasteiger partial charge in [-0.3, -0.25) is 4.98 Å². The van der Waals surface area contributed by atoms with Gasteiger partial charge in [0.05, 0.1) is 18.0 Å². The smallest absolute Gasteiger partial charge is 0.158 e. The standard InChI is InChI=1S/C16H21ClN4O2/c1-11-12(9-17)6-7-13(18-11)16-14(21(2)20-19-16)10-23-15-5-3-4-8-22-15/h6-7,15H,3-5,8-10H2,1-2H3. The van der Waals surface area contributed by atoms with Gasteiger partial charge in [-0.2, -0.15) is 0 Å². The summed E-state index contributed by atoms with van der Waals surface area (Å²) in [5.41, 5.74) is 4.35. The van der Waals surface area contributed by atoms with E-state index in [1.54, 1.807) is 4.68 Å². The molecule has 3 heterocycles. The topological polar surface area (TPSA) is 62.1 Å². The third-order valence-electron chi connectivity index (χ3n) is 4.07. The lowest BCUT2D eigenvalue weighted by Gasteiger charge is -2.22. The summed E-state index contributed by atoms with van der Waals surface area (Å²) in [6.07, 6.45) is 3.04. The highest BCUT2D eigenvalue weighted by Gasteiger charge is 2.19. The second-order valence-corrected chi connectivity index (χ2v) is 5.96. The highest BCUT2D eigenvalue weighted by Crippen LogP contribution is 2.23. The molecule has 0 aliphatic carbocycles. The maximum atomic E-state index is 5.90. The Balaban J connectivity index is 1.79. The lowest BCUT2D eigenvalue weighted by Crippen LogP contribution is -2.22. The number of aromatic nitrogens is 4. The minimum atomic E-state index is -0.139. The normalized spacial score (nSPS) is 18.3. The summed E-state index contributed by atoms with van der Waals surface area (Å²) in [5, 5.41) is 8.35. The van der Waals surface area contributed by atoms with E-state index in [0.29, 0.717) is 12.5 Å². The molecule has 23 heavy (non-hydrogen) atoms. The average molecular weight is 337 g/mol.